The van der Waals surface area contributed by atoms with Crippen LogP contribution in [0.1, 0.15) is 63.8 Å². The average Bonchev–Trinajstić information content (AvgIpc) is 3.17. The van der Waals surface area contributed by atoms with Crippen molar-refractivity contribution < 1.29 is 19.1 Å². The summed E-state index contributed by atoms with van der Waals surface area (Å²) >= 11 is 0. The maximum absolute atomic E-state index is 12.3. The van der Waals surface area contributed by atoms with Crippen molar-refractivity contribution in [2.75, 3.05) is 0 Å². The molecule has 0 saturated heterocycles. The number of carbonyl (C=O) groups excluding carboxylic acids is 2. The van der Waals surface area contributed by atoms with Crippen LogP contribution in [0, 0.1) is 0 Å². The normalized spacial score (nSPS) is 19.4. The largest absolute Gasteiger partial charge is 0.445 e. The molecule has 0 spiro atoms. The summed E-state index contributed by atoms with van der Waals surface area (Å²) in [5, 5.41) is 6.97. The third kappa shape index (κ3) is 6.04. The van der Waals surface area contributed by atoms with Crippen molar-refractivity contribution in [3.05, 3.63) is 48.0 Å². The first-order valence-electron chi connectivity index (χ1n) is 9.92. The number of nitrogens with one attached hydrogen (secondary N) is 1. The van der Waals surface area contributed by atoms with Gasteiger partial charge in [-0.1, -0.05) is 30.3 Å². The van der Waals surface area contributed by atoms with Crippen molar-refractivity contribution in [2.24, 2.45) is 0 Å². The number of carbonyl (C=O) groups is 2. The fourth-order valence-corrected chi connectivity index (χ4v) is 3.40. The summed E-state index contributed by atoms with van der Waals surface area (Å²) in [6, 6.07) is 9.62. The molecule has 3 rings (SSSR count). The molecule has 8 nitrogen and oxygen atoms in total. The Labute approximate surface area is 170 Å². The van der Waals surface area contributed by atoms with Crippen molar-refractivity contribution in [3.8, 4) is 0 Å². The molecular weight excluding hydrogens is 372 g/mol. The lowest BCUT2D eigenvalue weighted by atomic mass is 9.85. The van der Waals surface area contributed by atoms with Gasteiger partial charge in [0.15, 0.2) is 0 Å². The minimum Gasteiger partial charge on any atom is -0.445 e. The standard InChI is InChI=1S/C21H28N4O4/c1-21(2,3)29-20(27)25-18(22-14-23-25)16-9-11-17(12-10-16)24-19(26)28-13-15-7-5-4-6-8-15/h4-8,14,16-17H,9-13H2,1-3H3,(H,24,26). The van der Waals surface area contributed by atoms with Crippen molar-refractivity contribution in [3.63, 3.8) is 0 Å². The summed E-state index contributed by atoms with van der Waals surface area (Å²) in [5.41, 5.74) is 0.356. The van der Waals surface area contributed by atoms with Crippen LogP contribution in [0.5, 0.6) is 0 Å². The van der Waals surface area contributed by atoms with E-state index < -0.39 is 17.8 Å². The molecule has 1 amide bonds. The average molecular weight is 400 g/mol. The number of nitrogens with zero attached hydrogens (tertiary/aromatic N) is 3. The summed E-state index contributed by atoms with van der Waals surface area (Å²) in [6.07, 6.45) is 3.61. The monoisotopic (exact) mass is 400 g/mol. The van der Waals surface area contributed by atoms with Gasteiger partial charge in [0.1, 0.15) is 24.4 Å². The van der Waals surface area contributed by atoms with Crippen LogP contribution in [0.3, 0.4) is 0 Å². The van der Waals surface area contributed by atoms with Gasteiger partial charge in [-0.05, 0) is 52.0 Å². The predicted octanol–water partition coefficient (Wildman–Crippen LogP) is 4.01. The van der Waals surface area contributed by atoms with Gasteiger partial charge in [0.25, 0.3) is 0 Å². The topological polar surface area (TPSA) is 95.3 Å². The van der Waals surface area contributed by atoms with Crippen LogP contribution in [0.2, 0.25) is 0 Å². The van der Waals surface area contributed by atoms with Crippen LogP contribution in [-0.2, 0) is 16.1 Å². The summed E-state index contributed by atoms with van der Waals surface area (Å²) in [4.78, 5) is 28.7. The maximum atomic E-state index is 12.3. The third-order valence-electron chi connectivity index (χ3n) is 4.77. The SMILES string of the molecule is CC(C)(C)OC(=O)n1ncnc1C1CCC(NC(=O)OCc2ccccc2)CC1. The lowest BCUT2D eigenvalue weighted by Crippen LogP contribution is -2.38. The van der Waals surface area contributed by atoms with Crippen molar-refractivity contribution in [1.82, 2.24) is 20.1 Å². The van der Waals surface area contributed by atoms with Crippen LogP contribution in [0.25, 0.3) is 0 Å². The third-order valence-corrected chi connectivity index (χ3v) is 4.77. The van der Waals surface area contributed by atoms with Gasteiger partial charge in [-0.15, -0.1) is 9.78 Å². The Morgan fingerprint density at radius 2 is 1.83 bits per heavy atom. The lowest BCUT2D eigenvalue weighted by molar-refractivity contribution is 0.0504. The highest BCUT2D eigenvalue weighted by Crippen LogP contribution is 2.32. The van der Waals surface area contributed by atoms with Gasteiger partial charge in [-0.2, -0.15) is 0 Å². The van der Waals surface area contributed by atoms with E-state index in [0.717, 1.165) is 31.2 Å². The number of benzene rings is 1. The molecule has 1 aliphatic carbocycles. The first-order valence-corrected chi connectivity index (χ1v) is 9.92. The quantitative estimate of drug-likeness (QED) is 0.833. The van der Waals surface area contributed by atoms with Crippen molar-refractivity contribution in [1.29, 1.82) is 0 Å². The Morgan fingerprint density at radius 3 is 2.48 bits per heavy atom. The molecule has 0 aliphatic heterocycles. The van der Waals surface area contributed by atoms with Gasteiger partial charge in [-0.25, -0.2) is 14.6 Å². The van der Waals surface area contributed by atoms with E-state index in [1.807, 2.05) is 51.1 Å². The zero-order valence-corrected chi connectivity index (χ0v) is 17.1. The Bertz CT molecular complexity index is 821. The Balaban J connectivity index is 1.48. The Hall–Kier alpha value is -2.90. The lowest BCUT2D eigenvalue weighted by Gasteiger charge is -2.28. The van der Waals surface area contributed by atoms with E-state index in [1.54, 1.807) is 0 Å². The number of hydrogen-bond donors (Lipinski definition) is 1. The molecule has 8 heteroatoms. The summed E-state index contributed by atoms with van der Waals surface area (Å²) in [7, 11) is 0. The maximum Gasteiger partial charge on any atom is 0.436 e. The van der Waals surface area contributed by atoms with Crippen LogP contribution in [0.4, 0.5) is 9.59 Å². The molecule has 2 aromatic rings. The molecule has 1 aromatic heterocycles. The molecule has 0 atom stereocenters. The molecule has 1 N–H and O–H groups in total. The van der Waals surface area contributed by atoms with Gasteiger partial charge >= 0.3 is 12.2 Å². The van der Waals surface area contributed by atoms with Gasteiger partial charge in [0.05, 0.1) is 0 Å². The Morgan fingerprint density at radius 1 is 1.14 bits per heavy atom. The van der Waals surface area contributed by atoms with E-state index in [4.69, 9.17) is 9.47 Å². The van der Waals surface area contributed by atoms with Crippen LogP contribution >= 0.6 is 0 Å². The smallest absolute Gasteiger partial charge is 0.436 e. The molecule has 1 fully saturated rings. The van der Waals surface area contributed by atoms with E-state index in [1.165, 1.54) is 11.0 Å². The number of aromatic nitrogens is 3. The van der Waals surface area contributed by atoms with E-state index in [0.29, 0.717) is 5.82 Å². The zero-order valence-electron chi connectivity index (χ0n) is 17.1. The molecule has 0 unspecified atom stereocenters. The second-order valence-electron chi connectivity index (χ2n) is 8.26. The van der Waals surface area contributed by atoms with E-state index in [-0.39, 0.29) is 18.6 Å². The summed E-state index contributed by atoms with van der Waals surface area (Å²) in [6.45, 7) is 5.70. The van der Waals surface area contributed by atoms with Gasteiger partial charge in [-0.3, -0.25) is 0 Å². The Kier molecular flexibility index (Phi) is 6.51. The molecule has 29 heavy (non-hydrogen) atoms. The molecule has 0 bridgehead atoms. The van der Waals surface area contributed by atoms with Crippen LogP contribution < -0.4 is 5.32 Å². The summed E-state index contributed by atoms with van der Waals surface area (Å²) < 4.78 is 11.9. The first kappa shape index (κ1) is 20.8. The second kappa shape index (κ2) is 9.07. The van der Waals surface area contributed by atoms with Crippen LogP contribution in [-0.4, -0.2) is 38.6 Å². The highest BCUT2D eigenvalue weighted by atomic mass is 16.6. The fraction of sp³-hybridized carbons (Fsp3) is 0.524. The highest BCUT2D eigenvalue weighted by molar-refractivity contribution is 5.70. The van der Waals surface area contributed by atoms with Crippen molar-refractivity contribution >= 4 is 12.2 Å². The van der Waals surface area contributed by atoms with Crippen LogP contribution in [0.15, 0.2) is 36.7 Å². The van der Waals surface area contributed by atoms with E-state index in [9.17, 15) is 9.59 Å². The van der Waals surface area contributed by atoms with Crippen molar-refractivity contribution in [2.45, 2.75) is 70.6 Å². The van der Waals surface area contributed by atoms with E-state index in [2.05, 4.69) is 15.4 Å². The molecule has 1 aliphatic rings. The minimum absolute atomic E-state index is 0.0485. The first-order chi connectivity index (χ1) is 13.8. The molecule has 1 saturated carbocycles. The van der Waals surface area contributed by atoms with E-state index >= 15 is 0 Å². The second-order valence-corrected chi connectivity index (χ2v) is 8.26. The minimum atomic E-state index is -0.595. The zero-order chi connectivity index (χ0) is 20.9. The molecular formula is C21H28N4O4. The fourth-order valence-electron chi connectivity index (χ4n) is 3.40. The number of ether oxygens (including phenoxy) is 2. The molecule has 156 valence electrons. The number of alkyl carbamates (subject to hydrolysis) is 1. The number of amides is 1. The van der Waals surface area contributed by atoms with Gasteiger partial charge in [0, 0.05) is 12.0 Å². The number of hydrogen-bond acceptors (Lipinski definition) is 6. The molecule has 0 radical (unpaired) electrons. The van der Waals surface area contributed by atoms with Gasteiger partial charge < -0.3 is 14.8 Å². The summed E-state index contributed by atoms with van der Waals surface area (Å²) in [5.74, 6) is 0.716. The molecule has 1 heterocycles. The predicted molar refractivity (Wildman–Crippen MR) is 106 cm³/mol. The van der Waals surface area contributed by atoms with Gasteiger partial charge in [0.2, 0.25) is 0 Å². The number of rotatable bonds is 4. The highest BCUT2D eigenvalue weighted by Gasteiger charge is 2.30. The molecule has 1 aromatic carbocycles.